The molecule has 6 heteroatoms. The van der Waals surface area contributed by atoms with Gasteiger partial charge >= 0.3 is 6.96 Å². The Kier molecular flexibility index (Phi) is 4.34. The van der Waals surface area contributed by atoms with Gasteiger partial charge in [-0.1, -0.05) is 27.7 Å². The van der Waals surface area contributed by atoms with E-state index in [1.807, 2.05) is 0 Å². The van der Waals surface area contributed by atoms with Crippen molar-refractivity contribution in [1.29, 1.82) is 0 Å². The standard InChI is InChI=1S/C12H25BNO4/c1-10(2)11-12(3,4)9-17-13(18-11)15-7-5-14-6-8-16-13/h10-11,14H,5-9H2,1-4H3/q-1/p+1. The summed E-state index contributed by atoms with van der Waals surface area (Å²) in [7, 11) is 0. The number of quaternary nitrogens is 1. The van der Waals surface area contributed by atoms with Crippen molar-refractivity contribution in [2.45, 2.75) is 33.8 Å². The second-order valence-corrected chi connectivity index (χ2v) is 6.29. The minimum atomic E-state index is -2.00. The minimum absolute atomic E-state index is 0.0115. The Labute approximate surface area is 110 Å². The fraction of sp³-hybridized carbons (Fsp3) is 1.00. The van der Waals surface area contributed by atoms with Gasteiger partial charge < -0.3 is 23.9 Å². The predicted octanol–water partition coefficient (Wildman–Crippen LogP) is 0.130. The molecule has 2 N–H and O–H groups in total. The maximum absolute atomic E-state index is 6.11. The third kappa shape index (κ3) is 3.06. The first-order valence-corrected chi connectivity index (χ1v) is 6.99. The molecule has 106 valence electrons. The van der Waals surface area contributed by atoms with Crippen molar-refractivity contribution in [3.05, 3.63) is 0 Å². The molecule has 0 amide bonds. The summed E-state index contributed by atoms with van der Waals surface area (Å²) >= 11 is 0. The molecule has 5 nitrogen and oxygen atoms in total. The average Bonchev–Trinajstić information content (AvgIpc) is 2.26. The molecule has 0 bridgehead atoms. The zero-order valence-corrected chi connectivity index (χ0v) is 12.0. The second-order valence-electron chi connectivity index (χ2n) is 6.29. The van der Waals surface area contributed by atoms with E-state index in [1.54, 1.807) is 0 Å². The van der Waals surface area contributed by atoms with E-state index in [4.69, 9.17) is 18.6 Å². The fourth-order valence-corrected chi connectivity index (χ4v) is 2.82. The molecular formula is C12H26BNO4. The summed E-state index contributed by atoms with van der Waals surface area (Å²) in [6.45, 7) is 10.3. The van der Waals surface area contributed by atoms with Crippen LogP contribution in [0.25, 0.3) is 0 Å². The molecule has 0 radical (unpaired) electrons. The number of rotatable bonds is 1. The first-order chi connectivity index (χ1) is 8.45. The number of hydrogen-bond donors (Lipinski definition) is 1. The number of hydrogen-bond acceptors (Lipinski definition) is 4. The summed E-state index contributed by atoms with van der Waals surface area (Å²) in [6, 6.07) is 0. The maximum Gasteiger partial charge on any atom is 0.531 e. The lowest BCUT2D eigenvalue weighted by atomic mass is 9.77. The van der Waals surface area contributed by atoms with E-state index in [2.05, 4.69) is 33.0 Å². The molecule has 0 aromatic rings. The van der Waals surface area contributed by atoms with Crippen LogP contribution in [0, 0.1) is 11.3 Å². The quantitative estimate of drug-likeness (QED) is 0.680. The van der Waals surface area contributed by atoms with Crippen molar-refractivity contribution >= 4 is 6.96 Å². The Morgan fingerprint density at radius 2 is 1.72 bits per heavy atom. The summed E-state index contributed by atoms with van der Waals surface area (Å²) in [6.07, 6.45) is 0.0923. The molecule has 2 heterocycles. The van der Waals surface area contributed by atoms with Gasteiger partial charge in [-0.2, -0.15) is 0 Å². The van der Waals surface area contributed by atoms with E-state index in [9.17, 15) is 0 Å². The van der Waals surface area contributed by atoms with Crippen LogP contribution in [-0.4, -0.2) is 46.0 Å². The van der Waals surface area contributed by atoms with E-state index in [0.29, 0.717) is 25.7 Å². The molecule has 1 unspecified atom stereocenters. The fourth-order valence-electron chi connectivity index (χ4n) is 2.82. The molecule has 2 fully saturated rings. The first-order valence-electron chi connectivity index (χ1n) is 6.99. The van der Waals surface area contributed by atoms with E-state index in [0.717, 1.165) is 13.1 Å². The summed E-state index contributed by atoms with van der Waals surface area (Å²) < 4.78 is 23.4. The highest BCUT2D eigenvalue weighted by Crippen LogP contribution is 2.37. The molecular weight excluding hydrogens is 233 g/mol. The maximum atomic E-state index is 6.11. The highest BCUT2D eigenvalue weighted by Gasteiger charge is 2.46. The average molecular weight is 259 g/mol. The normalized spacial score (nSPS) is 32.2. The van der Waals surface area contributed by atoms with E-state index >= 15 is 0 Å². The monoisotopic (exact) mass is 259 g/mol. The van der Waals surface area contributed by atoms with Crippen molar-refractivity contribution in [2.75, 3.05) is 32.9 Å². The van der Waals surface area contributed by atoms with Crippen LogP contribution in [-0.2, 0) is 18.6 Å². The minimum Gasteiger partial charge on any atom is -0.518 e. The first kappa shape index (κ1) is 14.3. The van der Waals surface area contributed by atoms with Gasteiger partial charge in [-0.15, -0.1) is 0 Å². The topological polar surface area (TPSA) is 53.5 Å². The molecule has 2 rings (SSSR count). The summed E-state index contributed by atoms with van der Waals surface area (Å²) in [5, 5.41) is 2.18. The highest BCUT2D eigenvalue weighted by molar-refractivity contribution is 6.53. The Bertz CT molecular complexity index is 277. The molecule has 1 spiro atoms. The molecule has 0 aromatic heterocycles. The Hall–Kier alpha value is -0.135. The predicted molar refractivity (Wildman–Crippen MR) is 68.8 cm³/mol. The van der Waals surface area contributed by atoms with Gasteiger partial charge in [0.15, 0.2) is 0 Å². The van der Waals surface area contributed by atoms with Gasteiger partial charge in [0.05, 0.1) is 26.3 Å². The van der Waals surface area contributed by atoms with Crippen LogP contribution in [0.3, 0.4) is 0 Å². The Morgan fingerprint density at radius 3 is 2.28 bits per heavy atom. The van der Waals surface area contributed by atoms with Crippen molar-refractivity contribution < 1.29 is 23.9 Å². The van der Waals surface area contributed by atoms with Gasteiger partial charge in [-0.05, 0) is 5.92 Å². The summed E-state index contributed by atoms with van der Waals surface area (Å²) in [5.74, 6) is 0.409. The molecule has 0 aromatic carbocycles. The van der Waals surface area contributed by atoms with Gasteiger partial charge in [0.25, 0.3) is 0 Å². The van der Waals surface area contributed by atoms with Gasteiger partial charge in [0, 0.05) is 18.1 Å². The van der Waals surface area contributed by atoms with Crippen LogP contribution in [0.1, 0.15) is 27.7 Å². The molecule has 1 atom stereocenters. The lowest BCUT2D eigenvalue weighted by molar-refractivity contribution is -0.658. The molecule has 2 saturated heterocycles. The van der Waals surface area contributed by atoms with E-state index < -0.39 is 6.96 Å². The van der Waals surface area contributed by atoms with Crippen LogP contribution in [0.15, 0.2) is 0 Å². The van der Waals surface area contributed by atoms with Crippen LogP contribution >= 0.6 is 0 Å². The third-order valence-electron chi connectivity index (χ3n) is 3.64. The SMILES string of the molecule is CC(C)C1O[B-]2(OCC[NH2+]CCO2)OCC1(C)C. The summed E-state index contributed by atoms with van der Waals surface area (Å²) in [5.41, 5.74) is -0.0115. The Morgan fingerprint density at radius 1 is 1.11 bits per heavy atom. The van der Waals surface area contributed by atoms with E-state index in [1.165, 1.54) is 0 Å². The van der Waals surface area contributed by atoms with Crippen molar-refractivity contribution in [1.82, 2.24) is 0 Å². The lowest BCUT2D eigenvalue weighted by Crippen LogP contribution is -2.87. The smallest absolute Gasteiger partial charge is 0.518 e. The highest BCUT2D eigenvalue weighted by atomic mass is 16.9. The Balaban J connectivity index is 2.09. The van der Waals surface area contributed by atoms with Crippen molar-refractivity contribution in [2.24, 2.45) is 11.3 Å². The second kappa shape index (κ2) is 5.47. The van der Waals surface area contributed by atoms with E-state index in [-0.39, 0.29) is 11.5 Å². The molecule has 0 aliphatic carbocycles. The molecule has 2 aliphatic rings. The lowest BCUT2D eigenvalue weighted by Gasteiger charge is -2.55. The third-order valence-corrected chi connectivity index (χ3v) is 3.64. The van der Waals surface area contributed by atoms with Gasteiger partial charge in [0.1, 0.15) is 0 Å². The molecule has 18 heavy (non-hydrogen) atoms. The number of nitrogens with two attached hydrogens (primary N) is 1. The van der Waals surface area contributed by atoms with Gasteiger partial charge in [-0.25, -0.2) is 0 Å². The van der Waals surface area contributed by atoms with Gasteiger partial charge in [-0.3, -0.25) is 0 Å². The molecule has 2 aliphatic heterocycles. The van der Waals surface area contributed by atoms with Gasteiger partial charge in [0.2, 0.25) is 0 Å². The van der Waals surface area contributed by atoms with Crippen molar-refractivity contribution in [3.63, 3.8) is 0 Å². The zero-order chi connectivity index (χ0) is 13.2. The van der Waals surface area contributed by atoms with Crippen LogP contribution in [0.2, 0.25) is 0 Å². The largest absolute Gasteiger partial charge is 0.531 e. The van der Waals surface area contributed by atoms with Crippen LogP contribution in [0.5, 0.6) is 0 Å². The van der Waals surface area contributed by atoms with Crippen LogP contribution in [0.4, 0.5) is 0 Å². The van der Waals surface area contributed by atoms with Crippen LogP contribution < -0.4 is 5.32 Å². The zero-order valence-electron chi connectivity index (χ0n) is 12.0. The summed E-state index contributed by atoms with van der Waals surface area (Å²) in [4.78, 5) is 0. The van der Waals surface area contributed by atoms with Crippen molar-refractivity contribution in [3.8, 4) is 0 Å². The molecule has 0 saturated carbocycles.